The highest BCUT2D eigenvalue weighted by molar-refractivity contribution is 7.80. The Morgan fingerprint density at radius 1 is 1.38 bits per heavy atom. The molecule has 1 saturated carbocycles. The Bertz CT molecular complexity index is 205. The molecule has 1 aliphatic rings. The van der Waals surface area contributed by atoms with E-state index in [4.69, 9.17) is 22.7 Å². The molecule has 2 N–H and O–H groups in total. The van der Waals surface area contributed by atoms with Gasteiger partial charge in [0.25, 0.3) is 0 Å². The van der Waals surface area contributed by atoms with Crippen LogP contribution in [0.4, 0.5) is 0 Å². The third-order valence-corrected chi connectivity index (χ3v) is 3.48. The van der Waals surface area contributed by atoms with Crippen molar-refractivity contribution in [3.05, 3.63) is 0 Å². The first-order valence-corrected chi connectivity index (χ1v) is 6.62. The summed E-state index contributed by atoms with van der Waals surface area (Å²) in [6.07, 6.45) is 6.40. The third-order valence-electron chi connectivity index (χ3n) is 3.28. The Hall–Kier alpha value is -0.190. The van der Waals surface area contributed by atoms with Crippen molar-refractivity contribution in [2.24, 2.45) is 11.7 Å². The lowest BCUT2D eigenvalue weighted by atomic mass is 10.1. The summed E-state index contributed by atoms with van der Waals surface area (Å²) in [5, 5.41) is 0. The maximum absolute atomic E-state index is 5.55. The molecule has 1 fully saturated rings. The smallest absolute Gasteiger partial charge is 0.0740 e. The quantitative estimate of drug-likeness (QED) is 0.661. The maximum atomic E-state index is 5.55. The van der Waals surface area contributed by atoms with Crippen LogP contribution in [-0.2, 0) is 4.74 Å². The summed E-state index contributed by atoms with van der Waals surface area (Å²) in [5.74, 6) is 0.878. The highest BCUT2D eigenvalue weighted by Gasteiger charge is 2.18. The largest absolute Gasteiger partial charge is 0.393 e. The van der Waals surface area contributed by atoms with Gasteiger partial charge in [0.15, 0.2) is 0 Å². The van der Waals surface area contributed by atoms with E-state index in [0.717, 1.165) is 32.0 Å². The molecular formula is C12H24N2OS. The van der Waals surface area contributed by atoms with Crippen LogP contribution >= 0.6 is 12.2 Å². The second-order valence-corrected chi connectivity index (χ2v) is 5.18. The number of thiocarbonyl (C=S) groups is 1. The molecule has 0 aromatic heterocycles. The maximum Gasteiger partial charge on any atom is 0.0740 e. The van der Waals surface area contributed by atoms with Gasteiger partial charge in [-0.2, -0.15) is 0 Å². The first kappa shape index (κ1) is 13.9. The summed E-state index contributed by atoms with van der Waals surface area (Å²) in [6, 6.07) is 0. The van der Waals surface area contributed by atoms with Crippen molar-refractivity contribution in [1.82, 2.24) is 4.90 Å². The Balaban J connectivity index is 2.26. The number of rotatable bonds is 8. The van der Waals surface area contributed by atoms with Crippen LogP contribution in [-0.4, -0.2) is 43.2 Å². The molecule has 0 amide bonds. The Kier molecular flexibility index (Phi) is 6.92. The second kappa shape index (κ2) is 7.98. The van der Waals surface area contributed by atoms with E-state index in [0.29, 0.717) is 4.99 Å². The number of methoxy groups -OCH3 is 1. The van der Waals surface area contributed by atoms with Crippen LogP contribution in [0, 0.1) is 5.92 Å². The molecule has 0 saturated heterocycles. The van der Waals surface area contributed by atoms with Gasteiger partial charge in [-0.05, 0) is 18.8 Å². The average molecular weight is 244 g/mol. The van der Waals surface area contributed by atoms with Gasteiger partial charge in [-0.15, -0.1) is 0 Å². The number of hydrogen-bond acceptors (Lipinski definition) is 3. The molecule has 0 unspecified atom stereocenters. The van der Waals surface area contributed by atoms with Gasteiger partial charge in [0, 0.05) is 33.2 Å². The van der Waals surface area contributed by atoms with Crippen molar-refractivity contribution in [2.75, 3.05) is 33.4 Å². The van der Waals surface area contributed by atoms with E-state index in [-0.39, 0.29) is 0 Å². The molecule has 0 aromatic carbocycles. The van der Waals surface area contributed by atoms with Crippen molar-refractivity contribution in [2.45, 2.75) is 32.1 Å². The molecule has 0 heterocycles. The van der Waals surface area contributed by atoms with Crippen LogP contribution in [0.15, 0.2) is 0 Å². The first-order valence-electron chi connectivity index (χ1n) is 6.22. The second-order valence-electron chi connectivity index (χ2n) is 4.66. The van der Waals surface area contributed by atoms with Crippen molar-refractivity contribution in [3.8, 4) is 0 Å². The summed E-state index contributed by atoms with van der Waals surface area (Å²) in [4.78, 5) is 3.06. The normalized spacial score (nSPS) is 17.1. The lowest BCUT2D eigenvalue weighted by molar-refractivity contribution is 0.139. The van der Waals surface area contributed by atoms with Crippen molar-refractivity contribution in [1.29, 1.82) is 0 Å². The molecule has 0 spiro atoms. The summed E-state index contributed by atoms with van der Waals surface area (Å²) < 4.78 is 5.14. The van der Waals surface area contributed by atoms with Gasteiger partial charge in [-0.1, -0.05) is 25.1 Å². The van der Waals surface area contributed by atoms with Crippen LogP contribution in [0.2, 0.25) is 0 Å². The highest BCUT2D eigenvalue weighted by atomic mass is 32.1. The fraction of sp³-hybridized carbons (Fsp3) is 0.917. The standard InChI is InChI=1S/C12H24N2OS/c1-15-9-8-14(7-6-12(13)16)10-11-4-2-3-5-11/h11H,2-10H2,1H3,(H2,13,16). The van der Waals surface area contributed by atoms with Crippen LogP contribution < -0.4 is 5.73 Å². The van der Waals surface area contributed by atoms with Crippen molar-refractivity contribution < 1.29 is 4.74 Å². The summed E-state index contributed by atoms with van der Waals surface area (Å²) in [6.45, 7) is 3.96. The van der Waals surface area contributed by atoms with E-state index < -0.39 is 0 Å². The first-order chi connectivity index (χ1) is 7.72. The zero-order chi connectivity index (χ0) is 11.8. The van der Waals surface area contributed by atoms with Gasteiger partial charge in [-0.3, -0.25) is 0 Å². The van der Waals surface area contributed by atoms with E-state index >= 15 is 0 Å². The summed E-state index contributed by atoms with van der Waals surface area (Å²) >= 11 is 4.93. The summed E-state index contributed by atoms with van der Waals surface area (Å²) in [5.41, 5.74) is 5.55. The average Bonchev–Trinajstić information content (AvgIpc) is 2.74. The molecule has 94 valence electrons. The van der Waals surface area contributed by atoms with Gasteiger partial charge < -0.3 is 15.4 Å². The molecule has 0 aromatic rings. The van der Waals surface area contributed by atoms with Crippen molar-refractivity contribution in [3.63, 3.8) is 0 Å². The lowest BCUT2D eigenvalue weighted by Gasteiger charge is -2.24. The van der Waals surface area contributed by atoms with Crippen LogP contribution in [0.1, 0.15) is 32.1 Å². The highest BCUT2D eigenvalue weighted by Crippen LogP contribution is 2.25. The molecule has 0 radical (unpaired) electrons. The van der Waals surface area contributed by atoms with E-state index in [1.807, 2.05) is 0 Å². The van der Waals surface area contributed by atoms with Crippen LogP contribution in [0.3, 0.4) is 0 Å². The van der Waals surface area contributed by atoms with Gasteiger partial charge >= 0.3 is 0 Å². The zero-order valence-corrected chi connectivity index (χ0v) is 11.1. The number of hydrogen-bond donors (Lipinski definition) is 1. The van der Waals surface area contributed by atoms with Crippen LogP contribution in [0.25, 0.3) is 0 Å². The van der Waals surface area contributed by atoms with E-state index in [1.165, 1.54) is 32.2 Å². The molecule has 0 atom stereocenters. The van der Waals surface area contributed by atoms with E-state index in [1.54, 1.807) is 7.11 Å². The lowest BCUT2D eigenvalue weighted by Crippen LogP contribution is -2.34. The Labute approximate surface area is 104 Å². The SMILES string of the molecule is COCCN(CCC(N)=S)CC1CCCC1. The zero-order valence-electron chi connectivity index (χ0n) is 10.3. The van der Waals surface area contributed by atoms with Gasteiger partial charge in [0.1, 0.15) is 0 Å². The predicted molar refractivity (Wildman–Crippen MR) is 71.7 cm³/mol. The molecule has 0 bridgehead atoms. The van der Waals surface area contributed by atoms with Crippen molar-refractivity contribution >= 4 is 17.2 Å². The monoisotopic (exact) mass is 244 g/mol. The number of nitrogens with two attached hydrogens (primary N) is 1. The van der Waals surface area contributed by atoms with E-state index in [2.05, 4.69) is 4.90 Å². The minimum atomic E-state index is 0.619. The minimum absolute atomic E-state index is 0.619. The molecule has 1 aliphatic carbocycles. The molecule has 16 heavy (non-hydrogen) atoms. The molecule has 4 heteroatoms. The van der Waals surface area contributed by atoms with E-state index in [9.17, 15) is 0 Å². The molecular weight excluding hydrogens is 220 g/mol. The fourth-order valence-electron chi connectivity index (χ4n) is 2.34. The fourth-order valence-corrected chi connectivity index (χ4v) is 2.43. The number of ether oxygens (including phenoxy) is 1. The Morgan fingerprint density at radius 3 is 2.62 bits per heavy atom. The third kappa shape index (κ3) is 5.77. The molecule has 0 aliphatic heterocycles. The predicted octanol–water partition coefficient (Wildman–Crippen LogP) is 1.80. The Morgan fingerprint density at radius 2 is 2.06 bits per heavy atom. The number of nitrogens with zero attached hydrogens (tertiary/aromatic N) is 1. The minimum Gasteiger partial charge on any atom is -0.393 e. The summed E-state index contributed by atoms with van der Waals surface area (Å²) in [7, 11) is 1.75. The van der Waals surface area contributed by atoms with Crippen LogP contribution in [0.5, 0.6) is 0 Å². The molecule has 1 rings (SSSR count). The molecule has 3 nitrogen and oxygen atoms in total. The topological polar surface area (TPSA) is 38.5 Å². The van der Waals surface area contributed by atoms with Gasteiger partial charge in [-0.25, -0.2) is 0 Å². The van der Waals surface area contributed by atoms with Gasteiger partial charge in [0.2, 0.25) is 0 Å². The van der Waals surface area contributed by atoms with Gasteiger partial charge in [0.05, 0.1) is 11.6 Å².